The predicted octanol–water partition coefficient (Wildman–Crippen LogP) is 3.55. The smallest absolute Gasteiger partial charge is 0.0110 e. The Bertz CT molecular complexity index is 138. The van der Waals surface area contributed by atoms with E-state index in [1.54, 1.807) is 0 Å². The van der Waals surface area contributed by atoms with Gasteiger partial charge in [0.1, 0.15) is 0 Å². The number of hydrogen-bond donors (Lipinski definition) is 0. The first kappa shape index (κ1) is 9.48. The minimum Gasteiger partial charge on any atom is -0.0988 e. The molecule has 0 heteroatoms. The van der Waals surface area contributed by atoms with Crippen molar-refractivity contribution < 1.29 is 0 Å². The maximum atomic E-state index is 3.78. The van der Waals surface area contributed by atoms with E-state index in [4.69, 9.17) is 0 Å². The second-order valence-electron chi connectivity index (χ2n) is 3.19. The van der Waals surface area contributed by atoms with Crippen LogP contribution in [0.1, 0.15) is 34.1 Å². The van der Waals surface area contributed by atoms with E-state index in [1.165, 1.54) is 12.0 Å². The van der Waals surface area contributed by atoms with Crippen LogP contribution in [0.4, 0.5) is 0 Å². The van der Waals surface area contributed by atoms with Gasteiger partial charge in [-0.05, 0) is 24.3 Å². The van der Waals surface area contributed by atoms with Crippen LogP contribution in [0.5, 0.6) is 0 Å². The Balaban J connectivity index is 4.43. The van der Waals surface area contributed by atoms with Crippen LogP contribution in [-0.2, 0) is 0 Å². The van der Waals surface area contributed by atoms with E-state index in [0.29, 0.717) is 5.41 Å². The van der Waals surface area contributed by atoms with Gasteiger partial charge in [-0.25, -0.2) is 0 Å². The summed E-state index contributed by atoms with van der Waals surface area (Å²) in [5.74, 6) is 0. The van der Waals surface area contributed by atoms with E-state index in [-0.39, 0.29) is 0 Å². The highest BCUT2D eigenvalue weighted by Gasteiger charge is 2.16. The van der Waals surface area contributed by atoms with Gasteiger partial charge in [-0.15, -0.1) is 0 Å². The highest BCUT2D eigenvalue weighted by Crippen LogP contribution is 2.29. The summed E-state index contributed by atoms with van der Waals surface area (Å²) in [5, 5.41) is 0. The first-order chi connectivity index (χ1) is 4.58. The van der Waals surface area contributed by atoms with Crippen molar-refractivity contribution in [1.82, 2.24) is 0 Å². The first-order valence-corrected chi connectivity index (χ1v) is 3.87. The third-order valence-electron chi connectivity index (χ3n) is 2.20. The minimum atomic E-state index is 0.302. The molecule has 0 N–H and O–H groups in total. The molecule has 0 aromatic heterocycles. The average molecular weight is 138 g/mol. The highest BCUT2D eigenvalue weighted by atomic mass is 14.2. The monoisotopic (exact) mass is 138 g/mol. The standard InChI is InChI=1S/C10H18/c1-6-9(7-2)10(4,5)8-3/h6-7H,1,8H2,2-5H3/b9-7+. The number of hydrogen-bond acceptors (Lipinski definition) is 0. The van der Waals surface area contributed by atoms with Crippen LogP contribution in [0.15, 0.2) is 24.3 Å². The summed E-state index contributed by atoms with van der Waals surface area (Å²) in [4.78, 5) is 0. The molecule has 58 valence electrons. The Hall–Kier alpha value is -0.520. The summed E-state index contributed by atoms with van der Waals surface area (Å²) in [6.45, 7) is 12.5. The molecule has 0 nitrogen and oxygen atoms in total. The fourth-order valence-electron chi connectivity index (χ4n) is 0.989. The van der Waals surface area contributed by atoms with E-state index in [9.17, 15) is 0 Å². The van der Waals surface area contributed by atoms with Crippen LogP contribution < -0.4 is 0 Å². The van der Waals surface area contributed by atoms with E-state index < -0.39 is 0 Å². The Labute approximate surface area is 64.6 Å². The summed E-state index contributed by atoms with van der Waals surface area (Å²) in [7, 11) is 0. The average Bonchev–Trinajstić information content (AvgIpc) is 1.90. The zero-order valence-electron chi connectivity index (χ0n) is 7.57. The molecule has 0 spiro atoms. The maximum absolute atomic E-state index is 3.78. The van der Waals surface area contributed by atoms with E-state index in [1.807, 2.05) is 6.08 Å². The second kappa shape index (κ2) is 3.60. The lowest BCUT2D eigenvalue weighted by atomic mass is 9.82. The van der Waals surface area contributed by atoms with Crippen molar-refractivity contribution in [1.29, 1.82) is 0 Å². The Morgan fingerprint density at radius 3 is 2.10 bits per heavy atom. The highest BCUT2D eigenvalue weighted by molar-refractivity contribution is 5.22. The lowest BCUT2D eigenvalue weighted by molar-refractivity contribution is 0.439. The van der Waals surface area contributed by atoms with Crippen molar-refractivity contribution >= 4 is 0 Å². The summed E-state index contributed by atoms with van der Waals surface area (Å²) in [5.41, 5.74) is 1.64. The van der Waals surface area contributed by atoms with Gasteiger partial charge in [0.15, 0.2) is 0 Å². The summed E-state index contributed by atoms with van der Waals surface area (Å²) in [6, 6.07) is 0. The molecule has 0 saturated carbocycles. The molecule has 0 aromatic rings. The summed E-state index contributed by atoms with van der Waals surface area (Å²) in [6.07, 6.45) is 5.25. The molecule has 0 aliphatic rings. The number of rotatable bonds is 3. The molecule has 0 heterocycles. The Morgan fingerprint density at radius 2 is 2.00 bits per heavy atom. The Kier molecular flexibility index (Phi) is 3.41. The van der Waals surface area contributed by atoms with Crippen LogP contribution in [0, 0.1) is 5.41 Å². The van der Waals surface area contributed by atoms with Crippen LogP contribution >= 0.6 is 0 Å². The van der Waals surface area contributed by atoms with Crippen LogP contribution in [-0.4, -0.2) is 0 Å². The van der Waals surface area contributed by atoms with Gasteiger partial charge in [0.25, 0.3) is 0 Å². The molecule has 0 atom stereocenters. The molecular formula is C10H18. The van der Waals surface area contributed by atoms with Gasteiger partial charge in [-0.1, -0.05) is 39.5 Å². The van der Waals surface area contributed by atoms with Crippen LogP contribution in [0.25, 0.3) is 0 Å². The molecule has 0 unspecified atom stereocenters. The molecule has 0 rings (SSSR count). The van der Waals surface area contributed by atoms with E-state index in [2.05, 4.69) is 40.3 Å². The van der Waals surface area contributed by atoms with E-state index in [0.717, 1.165) is 0 Å². The summed E-state index contributed by atoms with van der Waals surface area (Å²) < 4.78 is 0. The van der Waals surface area contributed by atoms with Crippen LogP contribution in [0.2, 0.25) is 0 Å². The van der Waals surface area contributed by atoms with Crippen LogP contribution in [0.3, 0.4) is 0 Å². The molecule has 0 bridgehead atoms. The van der Waals surface area contributed by atoms with Gasteiger partial charge in [0, 0.05) is 0 Å². The second-order valence-corrected chi connectivity index (χ2v) is 3.19. The molecule has 10 heavy (non-hydrogen) atoms. The van der Waals surface area contributed by atoms with Crippen molar-refractivity contribution in [3.8, 4) is 0 Å². The zero-order chi connectivity index (χ0) is 8.20. The third kappa shape index (κ3) is 2.02. The first-order valence-electron chi connectivity index (χ1n) is 3.87. The minimum absolute atomic E-state index is 0.302. The molecule has 0 aliphatic heterocycles. The largest absolute Gasteiger partial charge is 0.0988 e. The lowest BCUT2D eigenvalue weighted by Gasteiger charge is -2.23. The molecule has 0 amide bonds. The van der Waals surface area contributed by atoms with Crippen molar-refractivity contribution in [3.63, 3.8) is 0 Å². The van der Waals surface area contributed by atoms with Gasteiger partial charge in [-0.3, -0.25) is 0 Å². The van der Waals surface area contributed by atoms with Crippen molar-refractivity contribution in [3.05, 3.63) is 24.3 Å². The zero-order valence-corrected chi connectivity index (χ0v) is 7.57. The molecule has 0 aliphatic carbocycles. The van der Waals surface area contributed by atoms with E-state index >= 15 is 0 Å². The van der Waals surface area contributed by atoms with Crippen molar-refractivity contribution in [2.45, 2.75) is 34.1 Å². The normalized spacial score (nSPS) is 13.4. The summed E-state index contributed by atoms with van der Waals surface area (Å²) >= 11 is 0. The molecule has 0 aromatic carbocycles. The fourth-order valence-corrected chi connectivity index (χ4v) is 0.989. The molecule has 0 fully saturated rings. The quantitative estimate of drug-likeness (QED) is 0.523. The maximum Gasteiger partial charge on any atom is -0.0110 e. The van der Waals surface area contributed by atoms with Crippen molar-refractivity contribution in [2.75, 3.05) is 0 Å². The number of allylic oxidation sites excluding steroid dienone is 3. The molecule has 0 saturated heterocycles. The molecular weight excluding hydrogens is 120 g/mol. The Morgan fingerprint density at radius 1 is 1.50 bits per heavy atom. The van der Waals surface area contributed by atoms with Gasteiger partial charge in [0.05, 0.1) is 0 Å². The van der Waals surface area contributed by atoms with Gasteiger partial charge in [0.2, 0.25) is 0 Å². The third-order valence-corrected chi connectivity index (χ3v) is 2.20. The lowest BCUT2D eigenvalue weighted by Crippen LogP contribution is -2.11. The fraction of sp³-hybridized carbons (Fsp3) is 0.600. The SMILES string of the molecule is C=C/C(=C\C)C(C)(C)CC. The predicted molar refractivity (Wildman–Crippen MR) is 48.0 cm³/mol. The van der Waals surface area contributed by atoms with Crippen molar-refractivity contribution in [2.24, 2.45) is 5.41 Å². The topological polar surface area (TPSA) is 0 Å². The van der Waals surface area contributed by atoms with Gasteiger partial charge < -0.3 is 0 Å². The van der Waals surface area contributed by atoms with Gasteiger partial charge >= 0.3 is 0 Å². The van der Waals surface area contributed by atoms with Gasteiger partial charge in [-0.2, -0.15) is 0 Å². The molecule has 0 radical (unpaired) electrons.